The summed E-state index contributed by atoms with van der Waals surface area (Å²) in [6.45, 7) is 2.30. The SMILES string of the molecule is Cc1cc(C(NC(=O)C2COCCO2)C(=O)O)ccc1F. The van der Waals surface area contributed by atoms with Gasteiger partial charge in [-0.25, -0.2) is 9.18 Å². The number of rotatable bonds is 4. The lowest BCUT2D eigenvalue weighted by atomic mass is 10.0. The number of benzene rings is 1. The number of hydrogen-bond acceptors (Lipinski definition) is 4. The summed E-state index contributed by atoms with van der Waals surface area (Å²) in [5.41, 5.74) is 0.608. The predicted molar refractivity (Wildman–Crippen MR) is 70.2 cm³/mol. The highest BCUT2D eigenvalue weighted by molar-refractivity contribution is 5.87. The Labute approximate surface area is 120 Å². The van der Waals surface area contributed by atoms with Gasteiger partial charge in [-0.05, 0) is 24.1 Å². The van der Waals surface area contributed by atoms with Gasteiger partial charge in [-0.1, -0.05) is 12.1 Å². The van der Waals surface area contributed by atoms with Crippen molar-refractivity contribution in [2.45, 2.75) is 19.1 Å². The van der Waals surface area contributed by atoms with Crippen molar-refractivity contribution in [3.63, 3.8) is 0 Å². The highest BCUT2D eigenvalue weighted by Gasteiger charge is 2.28. The minimum Gasteiger partial charge on any atom is -0.479 e. The van der Waals surface area contributed by atoms with Gasteiger partial charge in [0.15, 0.2) is 12.1 Å². The van der Waals surface area contributed by atoms with Crippen LogP contribution in [0, 0.1) is 12.7 Å². The number of carbonyl (C=O) groups is 2. The Hall–Kier alpha value is -1.99. The summed E-state index contributed by atoms with van der Waals surface area (Å²) in [4.78, 5) is 23.3. The summed E-state index contributed by atoms with van der Waals surface area (Å²) in [6, 6.07) is 2.64. The molecule has 0 radical (unpaired) electrons. The van der Waals surface area contributed by atoms with Gasteiger partial charge < -0.3 is 19.9 Å². The zero-order chi connectivity index (χ0) is 15.4. The molecule has 1 aromatic rings. The Morgan fingerprint density at radius 1 is 1.43 bits per heavy atom. The number of halogens is 1. The van der Waals surface area contributed by atoms with Crippen LogP contribution in [0.15, 0.2) is 18.2 Å². The second-order valence-electron chi connectivity index (χ2n) is 4.72. The molecule has 0 saturated carbocycles. The zero-order valence-corrected chi connectivity index (χ0v) is 11.5. The Kier molecular flexibility index (Phi) is 4.87. The summed E-state index contributed by atoms with van der Waals surface area (Å²) in [6.07, 6.45) is -0.831. The molecule has 2 atom stereocenters. The number of aliphatic carboxylic acids is 1. The number of hydrogen-bond donors (Lipinski definition) is 2. The van der Waals surface area contributed by atoms with Crippen LogP contribution < -0.4 is 5.32 Å². The van der Waals surface area contributed by atoms with Crippen molar-refractivity contribution in [2.75, 3.05) is 19.8 Å². The van der Waals surface area contributed by atoms with Crippen molar-refractivity contribution in [2.24, 2.45) is 0 Å². The van der Waals surface area contributed by atoms with Gasteiger partial charge >= 0.3 is 5.97 Å². The molecule has 1 aliphatic rings. The number of nitrogens with one attached hydrogen (secondary N) is 1. The first-order valence-electron chi connectivity index (χ1n) is 6.47. The normalized spacial score (nSPS) is 19.8. The van der Waals surface area contributed by atoms with E-state index in [-0.39, 0.29) is 13.2 Å². The molecule has 1 saturated heterocycles. The van der Waals surface area contributed by atoms with Crippen LogP contribution in [0.4, 0.5) is 4.39 Å². The van der Waals surface area contributed by atoms with E-state index in [0.717, 1.165) is 0 Å². The van der Waals surface area contributed by atoms with Crippen molar-refractivity contribution >= 4 is 11.9 Å². The maximum Gasteiger partial charge on any atom is 0.330 e. The molecule has 1 fully saturated rings. The molecule has 2 unspecified atom stereocenters. The van der Waals surface area contributed by atoms with E-state index in [9.17, 15) is 19.1 Å². The number of aryl methyl sites for hydroxylation is 1. The Balaban J connectivity index is 2.13. The maximum atomic E-state index is 13.2. The van der Waals surface area contributed by atoms with Crippen molar-refractivity contribution in [3.8, 4) is 0 Å². The van der Waals surface area contributed by atoms with E-state index < -0.39 is 29.8 Å². The molecule has 1 heterocycles. The number of carboxylic acid groups (broad SMARTS) is 1. The fourth-order valence-electron chi connectivity index (χ4n) is 2.01. The molecular formula is C14H16FNO5. The maximum absolute atomic E-state index is 13.2. The van der Waals surface area contributed by atoms with Gasteiger partial charge in [0.1, 0.15) is 5.82 Å². The summed E-state index contributed by atoms with van der Waals surface area (Å²) < 4.78 is 23.6. The Morgan fingerprint density at radius 2 is 2.19 bits per heavy atom. The molecule has 21 heavy (non-hydrogen) atoms. The van der Waals surface area contributed by atoms with Crippen LogP contribution in [-0.4, -0.2) is 42.9 Å². The van der Waals surface area contributed by atoms with Crippen LogP contribution in [-0.2, 0) is 19.1 Å². The fourth-order valence-corrected chi connectivity index (χ4v) is 2.01. The minimum absolute atomic E-state index is 0.0839. The molecule has 1 aromatic carbocycles. The second-order valence-corrected chi connectivity index (χ2v) is 4.72. The lowest BCUT2D eigenvalue weighted by molar-refractivity contribution is -0.152. The standard InChI is InChI=1S/C14H16FNO5/c1-8-6-9(2-3-10(8)15)12(14(18)19)16-13(17)11-7-20-4-5-21-11/h2-3,6,11-12H,4-5,7H2,1H3,(H,16,17)(H,18,19). The molecule has 0 bridgehead atoms. The fraction of sp³-hybridized carbons (Fsp3) is 0.429. The summed E-state index contributed by atoms with van der Waals surface area (Å²) in [7, 11) is 0. The van der Waals surface area contributed by atoms with E-state index in [2.05, 4.69) is 5.32 Å². The molecule has 6 nitrogen and oxygen atoms in total. The highest BCUT2D eigenvalue weighted by Crippen LogP contribution is 2.18. The van der Waals surface area contributed by atoms with Crippen LogP contribution in [0.2, 0.25) is 0 Å². The lowest BCUT2D eigenvalue weighted by Crippen LogP contribution is -2.45. The lowest BCUT2D eigenvalue weighted by Gasteiger charge is -2.24. The number of ether oxygens (including phenoxy) is 2. The van der Waals surface area contributed by atoms with Crippen molar-refractivity contribution in [3.05, 3.63) is 35.1 Å². The van der Waals surface area contributed by atoms with Crippen molar-refractivity contribution in [1.82, 2.24) is 5.32 Å². The Bertz CT molecular complexity index is 542. The topological polar surface area (TPSA) is 84.9 Å². The van der Waals surface area contributed by atoms with Gasteiger partial charge in [0.25, 0.3) is 5.91 Å². The molecule has 0 aromatic heterocycles. The van der Waals surface area contributed by atoms with Gasteiger partial charge in [0, 0.05) is 0 Å². The molecule has 0 aliphatic carbocycles. The first-order chi connectivity index (χ1) is 9.99. The Morgan fingerprint density at radius 3 is 2.76 bits per heavy atom. The van der Waals surface area contributed by atoms with E-state index in [1.165, 1.54) is 25.1 Å². The molecule has 1 amide bonds. The molecule has 7 heteroatoms. The van der Waals surface area contributed by atoms with Crippen molar-refractivity contribution < 1.29 is 28.6 Å². The van der Waals surface area contributed by atoms with Gasteiger partial charge in [-0.15, -0.1) is 0 Å². The van der Waals surface area contributed by atoms with Crippen LogP contribution in [0.25, 0.3) is 0 Å². The van der Waals surface area contributed by atoms with Gasteiger partial charge in [-0.2, -0.15) is 0 Å². The molecular weight excluding hydrogens is 281 g/mol. The number of carboxylic acids is 1. The van der Waals surface area contributed by atoms with Gasteiger partial charge in [-0.3, -0.25) is 4.79 Å². The largest absolute Gasteiger partial charge is 0.479 e. The predicted octanol–water partition coefficient (Wildman–Crippen LogP) is 0.791. The third-order valence-corrected chi connectivity index (χ3v) is 3.16. The van der Waals surface area contributed by atoms with Gasteiger partial charge in [0.05, 0.1) is 19.8 Å². The first-order valence-corrected chi connectivity index (χ1v) is 6.47. The molecule has 2 rings (SSSR count). The van der Waals surface area contributed by atoms with Crippen LogP contribution in [0.1, 0.15) is 17.2 Å². The number of amides is 1. The third kappa shape index (κ3) is 3.77. The van der Waals surface area contributed by atoms with Crippen LogP contribution in [0.5, 0.6) is 0 Å². The third-order valence-electron chi connectivity index (χ3n) is 3.16. The molecule has 114 valence electrons. The van der Waals surface area contributed by atoms with Gasteiger partial charge in [0.2, 0.25) is 0 Å². The van der Waals surface area contributed by atoms with E-state index in [0.29, 0.717) is 17.7 Å². The van der Waals surface area contributed by atoms with E-state index in [4.69, 9.17) is 9.47 Å². The molecule has 2 N–H and O–H groups in total. The van der Waals surface area contributed by atoms with E-state index >= 15 is 0 Å². The number of carbonyl (C=O) groups excluding carboxylic acids is 1. The summed E-state index contributed by atoms with van der Waals surface area (Å²) in [5.74, 6) is -2.23. The first kappa shape index (κ1) is 15.4. The van der Waals surface area contributed by atoms with Crippen LogP contribution >= 0.6 is 0 Å². The average molecular weight is 297 g/mol. The molecule has 0 spiro atoms. The monoisotopic (exact) mass is 297 g/mol. The average Bonchev–Trinajstić information content (AvgIpc) is 2.48. The quantitative estimate of drug-likeness (QED) is 0.858. The van der Waals surface area contributed by atoms with Crippen LogP contribution in [0.3, 0.4) is 0 Å². The minimum atomic E-state index is -1.26. The molecule has 1 aliphatic heterocycles. The highest BCUT2D eigenvalue weighted by atomic mass is 19.1. The van der Waals surface area contributed by atoms with E-state index in [1.54, 1.807) is 0 Å². The zero-order valence-electron chi connectivity index (χ0n) is 11.5. The summed E-state index contributed by atoms with van der Waals surface area (Å²) >= 11 is 0. The van der Waals surface area contributed by atoms with Crippen molar-refractivity contribution in [1.29, 1.82) is 0 Å². The van der Waals surface area contributed by atoms with E-state index in [1.807, 2.05) is 0 Å². The summed E-state index contributed by atoms with van der Waals surface area (Å²) in [5, 5.41) is 11.6. The second kappa shape index (κ2) is 6.64. The smallest absolute Gasteiger partial charge is 0.330 e.